The second kappa shape index (κ2) is 6.98. The maximum atomic E-state index is 13.1. The van der Waals surface area contributed by atoms with Crippen LogP contribution in [0.5, 0.6) is 0 Å². The third-order valence-electron chi connectivity index (χ3n) is 4.44. The van der Waals surface area contributed by atoms with Gasteiger partial charge in [0.2, 0.25) is 5.91 Å². The first-order valence-corrected chi connectivity index (χ1v) is 8.55. The Morgan fingerprint density at radius 1 is 1.43 bits per heavy atom. The monoisotopic (exact) mass is 316 g/mol. The summed E-state index contributed by atoms with van der Waals surface area (Å²) in [5.74, 6) is -0.555. The van der Waals surface area contributed by atoms with Crippen LogP contribution in [-0.4, -0.2) is 58.8 Å². The molecule has 6 nitrogen and oxygen atoms in total. The van der Waals surface area contributed by atoms with E-state index < -0.39 is 17.4 Å². The fourth-order valence-electron chi connectivity index (χ4n) is 3.04. The Bertz CT molecular complexity index is 398. The van der Waals surface area contributed by atoms with Crippen LogP contribution in [-0.2, 0) is 14.3 Å². The quantitative estimate of drug-likeness (QED) is 0.783. The number of thioether (sulfide) groups is 1. The lowest BCUT2D eigenvalue weighted by atomic mass is 9.78. The molecule has 21 heavy (non-hydrogen) atoms. The molecular formula is C14H24N2O4S. The minimum Gasteiger partial charge on any atom is -0.480 e. The fraction of sp³-hybridized carbons (Fsp3) is 0.857. The molecule has 2 saturated heterocycles. The fourth-order valence-corrected chi connectivity index (χ4v) is 4.55. The summed E-state index contributed by atoms with van der Waals surface area (Å²) in [6.07, 6.45) is 2.90. The molecule has 2 heterocycles. The summed E-state index contributed by atoms with van der Waals surface area (Å²) in [7, 11) is 0. The summed E-state index contributed by atoms with van der Waals surface area (Å²) in [5, 5.41) is 9.36. The van der Waals surface area contributed by atoms with Crippen molar-refractivity contribution in [3.05, 3.63) is 0 Å². The van der Waals surface area contributed by atoms with E-state index in [1.165, 1.54) is 0 Å². The molecule has 3 N–H and O–H groups in total. The molecule has 0 aromatic rings. The highest BCUT2D eigenvalue weighted by Gasteiger charge is 2.49. The number of nitrogens with zero attached hydrogens (tertiary/aromatic N) is 1. The highest BCUT2D eigenvalue weighted by atomic mass is 32.2. The highest BCUT2D eigenvalue weighted by Crippen LogP contribution is 2.39. The van der Waals surface area contributed by atoms with Crippen molar-refractivity contribution in [2.24, 2.45) is 11.1 Å². The largest absolute Gasteiger partial charge is 0.480 e. The van der Waals surface area contributed by atoms with E-state index in [1.54, 1.807) is 16.7 Å². The minimum atomic E-state index is -0.923. The van der Waals surface area contributed by atoms with Crippen LogP contribution in [0.15, 0.2) is 0 Å². The molecule has 0 aromatic heterocycles. The van der Waals surface area contributed by atoms with Crippen molar-refractivity contribution in [1.29, 1.82) is 0 Å². The molecule has 2 aliphatic heterocycles. The number of carboxylic acid groups (broad SMARTS) is 1. The van der Waals surface area contributed by atoms with E-state index >= 15 is 0 Å². The number of nitrogens with two attached hydrogens (primary N) is 1. The number of rotatable bonds is 5. The molecule has 7 heteroatoms. The molecule has 120 valence electrons. The molecule has 0 radical (unpaired) electrons. The normalized spacial score (nSPS) is 28.6. The van der Waals surface area contributed by atoms with Gasteiger partial charge in [0.1, 0.15) is 6.04 Å². The van der Waals surface area contributed by atoms with E-state index in [1.807, 2.05) is 6.92 Å². The van der Waals surface area contributed by atoms with Crippen LogP contribution in [0.3, 0.4) is 0 Å². The van der Waals surface area contributed by atoms with Gasteiger partial charge in [0, 0.05) is 25.5 Å². The third kappa shape index (κ3) is 3.19. The summed E-state index contributed by atoms with van der Waals surface area (Å²) in [5.41, 5.74) is 5.24. The maximum Gasteiger partial charge on any atom is 0.327 e. The first-order chi connectivity index (χ1) is 10.1. The maximum absolute atomic E-state index is 13.1. The average molecular weight is 316 g/mol. The Balaban J connectivity index is 2.24. The molecular weight excluding hydrogens is 292 g/mol. The number of hydrogen-bond donors (Lipinski definition) is 2. The number of carboxylic acids is 1. The Labute approximate surface area is 129 Å². The minimum absolute atomic E-state index is 0.0464. The average Bonchev–Trinajstić information content (AvgIpc) is 2.91. The van der Waals surface area contributed by atoms with Gasteiger partial charge < -0.3 is 20.5 Å². The molecule has 1 amide bonds. The van der Waals surface area contributed by atoms with E-state index in [-0.39, 0.29) is 17.8 Å². The van der Waals surface area contributed by atoms with E-state index in [0.29, 0.717) is 31.8 Å². The van der Waals surface area contributed by atoms with Crippen molar-refractivity contribution in [1.82, 2.24) is 4.90 Å². The summed E-state index contributed by atoms with van der Waals surface area (Å²) in [6, 6.07) is -0.731. The van der Waals surface area contributed by atoms with Crippen LogP contribution < -0.4 is 5.73 Å². The number of amides is 1. The Morgan fingerprint density at radius 2 is 2.10 bits per heavy atom. The summed E-state index contributed by atoms with van der Waals surface area (Å²) < 4.78 is 5.34. The predicted molar refractivity (Wildman–Crippen MR) is 81.0 cm³/mol. The smallest absolute Gasteiger partial charge is 0.327 e. The number of ether oxygens (including phenoxy) is 1. The first-order valence-electron chi connectivity index (χ1n) is 7.50. The van der Waals surface area contributed by atoms with E-state index in [9.17, 15) is 14.7 Å². The molecule has 0 aromatic carbocycles. The van der Waals surface area contributed by atoms with Gasteiger partial charge in [-0.15, -0.1) is 11.8 Å². The summed E-state index contributed by atoms with van der Waals surface area (Å²) >= 11 is 1.57. The molecule has 2 fully saturated rings. The molecule has 0 saturated carbocycles. The standard InChI is InChI=1S/C14H24N2O4S/c1-2-3-11-16(10(8-21-11)12(17)18)13(19)14(9-15)4-6-20-7-5-14/h10-11H,2-9,15H2,1H3,(H,17,18). The summed E-state index contributed by atoms with van der Waals surface area (Å²) in [6.45, 7) is 3.33. The Hall–Kier alpha value is -0.790. The van der Waals surface area contributed by atoms with Gasteiger partial charge in [0.15, 0.2) is 0 Å². The molecule has 2 unspecified atom stereocenters. The van der Waals surface area contributed by atoms with E-state index in [2.05, 4.69) is 0 Å². The number of carbonyl (C=O) groups is 2. The van der Waals surface area contributed by atoms with Gasteiger partial charge >= 0.3 is 5.97 Å². The van der Waals surface area contributed by atoms with Crippen molar-refractivity contribution in [3.8, 4) is 0 Å². The van der Waals surface area contributed by atoms with Gasteiger partial charge in [-0.25, -0.2) is 4.79 Å². The lowest BCUT2D eigenvalue weighted by Crippen LogP contribution is -2.56. The second-order valence-corrected chi connectivity index (χ2v) is 6.95. The van der Waals surface area contributed by atoms with Crippen LogP contribution in [0, 0.1) is 5.41 Å². The van der Waals surface area contributed by atoms with Gasteiger partial charge in [0.05, 0.1) is 10.8 Å². The zero-order chi connectivity index (χ0) is 15.5. The van der Waals surface area contributed by atoms with Gasteiger partial charge in [-0.3, -0.25) is 4.79 Å². The van der Waals surface area contributed by atoms with Gasteiger partial charge in [-0.05, 0) is 19.3 Å². The third-order valence-corrected chi connectivity index (χ3v) is 5.80. The molecule has 0 bridgehead atoms. The second-order valence-electron chi connectivity index (χ2n) is 5.74. The van der Waals surface area contributed by atoms with Crippen molar-refractivity contribution >= 4 is 23.6 Å². The van der Waals surface area contributed by atoms with E-state index in [4.69, 9.17) is 10.5 Å². The van der Waals surface area contributed by atoms with Crippen LogP contribution in [0.1, 0.15) is 32.6 Å². The van der Waals surface area contributed by atoms with Crippen molar-refractivity contribution < 1.29 is 19.4 Å². The number of hydrogen-bond acceptors (Lipinski definition) is 5. The number of carbonyl (C=O) groups excluding carboxylic acids is 1. The zero-order valence-electron chi connectivity index (χ0n) is 12.4. The lowest BCUT2D eigenvalue weighted by molar-refractivity contribution is -0.157. The van der Waals surface area contributed by atoms with Gasteiger partial charge in [-0.2, -0.15) is 0 Å². The van der Waals surface area contributed by atoms with Crippen molar-refractivity contribution in [3.63, 3.8) is 0 Å². The predicted octanol–water partition coefficient (Wildman–Crippen LogP) is 0.897. The zero-order valence-corrected chi connectivity index (χ0v) is 13.2. The molecule has 2 rings (SSSR count). The SMILES string of the molecule is CCCC1SCC(C(=O)O)N1C(=O)C1(CN)CCOCC1. The Morgan fingerprint density at radius 3 is 2.62 bits per heavy atom. The van der Waals surface area contributed by atoms with E-state index in [0.717, 1.165) is 12.8 Å². The summed E-state index contributed by atoms with van der Waals surface area (Å²) in [4.78, 5) is 26.1. The van der Waals surface area contributed by atoms with Crippen molar-refractivity contribution in [2.45, 2.75) is 44.0 Å². The molecule has 0 spiro atoms. The topological polar surface area (TPSA) is 92.9 Å². The lowest BCUT2D eigenvalue weighted by Gasteiger charge is -2.40. The van der Waals surface area contributed by atoms with Crippen LogP contribution in [0.25, 0.3) is 0 Å². The number of aliphatic carboxylic acids is 1. The first kappa shape index (κ1) is 16.6. The van der Waals surface area contributed by atoms with Gasteiger partial charge in [-0.1, -0.05) is 13.3 Å². The van der Waals surface area contributed by atoms with Crippen molar-refractivity contribution in [2.75, 3.05) is 25.5 Å². The van der Waals surface area contributed by atoms with Crippen LogP contribution >= 0.6 is 11.8 Å². The molecule has 0 aliphatic carbocycles. The molecule has 2 aliphatic rings. The molecule has 2 atom stereocenters. The highest BCUT2D eigenvalue weighted by molar-refractivity contribution is 8.00. The van der Waals surface area contributed by atoms with Gasteiger partial charge in [0.25, 0.3) is 0 Å². The Kier molecular flexibility index (Phi) is 5.51. The van der Waals surface area contributed by atoms with Crippen LogP contribution in [0.4, 0.5) is 0 Å². The van der Waals surface area contributed by atoms with Crippen LogP contribution in [0.2, 0.25) is 0 Å².